The van der Waals surface area contributed by atoms with E-state index < -0.39 is 0 Å². The fraction of sp³-hybridized carbons (Fsp3) is 0.130. The monoisotopic (exact) mass is 386 g/mol. The van der Waals surface area contributed by atoms with Gasteiger partial charge < -0.3 is 10.2 Å². The van der Waals surface area contributed by atoms with Crippen LogP contribution in [0.15, 0.2) is 84.5 Å². The summed E-state index contributed by atoms with van der Waals surface area (Å²) in [7, 11) is 0. The highest BCUT2D eigenvalue weighted by Crippen LogP contribution is 2.31. The number of aromatic nitrogens is 2. The first-order chi connectivity index (χ1) is 13.7. The molecule has 0 saturated heterocycles. The summed E-state index contributed by atoms with van der Waals surface area (Å²) in [4.78, 5) is 11.2. The lowest BCUT2D eigenvalue weighted by Gasteiger charge is -2.29. The molecule has 1 N–H and O–H groups in total. The number of benzene rings is 2. The first-order valence-corrected chi connectivity index (χ1v) is 10.2. The standard InChI is InChI=1S/C23H22N4S/c1-17(2)27(20-8-4-3-5-9-20)21-12-10-19(11-13-21)25-23-26-22(16-28-23)18-7-6-14-24-15-18/h3-17H,1-2H3,(H,25,26). The minimum Gasteiger partial charge on any atom is -0.339 e. The average Bonchev–Trinajstić information content (AvgIpc) is 3.19. The van der Waals surface area contributed by atoms with Crippen molar-refractivity contribution >= 4 is 33.5 Å². The highest BCUT2D eigenvalue weighted by molar-refractivity contribution is 7.14. The summed E-state index contributed by atoms with van der Waals surface area (Å²) in [6, 6.07) is 23.3. The third-order valence-corrected chi connectivity index (χ3v) is 5.17. The van der Waals surface area contributed by atoms with Gasteiger partial charge in [-0.15, -0.1) is 11.3 Å². The van der Waals surface area contributed by atoms with Gasteiger partial charge in [0.1, 0.15) is 0 Å². The zero-order valence-corrected chi connectivity index (χ0v) is 16.7. The zero-order valence-electron chi connectivity index (χ0n) is 15.9. The minimum absolute atomic E-state index is 0.363. The Morgan fingerprint density at radius 1 is 0.893 bits per heavy atom. The van der Waals surface area contributed by atoms with Crippen molar-refractivity contribution in [2.45, 2.75) is 19.9 Å². The molecule has 0 aliphatic carbocycles. The lowest BCUT2D eigenvalue weighted by Crippen LogP contribution is -2.25. The van der Waals surface area contributed by atoms with Gasteiger partial charge in [0.05, 0.1) is 5.69 Å². The summed E-state index contributed by atoms with van der Waals surface area (Å²) in [6.07, 6.45) is 3.60. The van der Waals surface area contributed by atoms with Crippen LogP contribution in [-0.4, -0.2) is 16.0 Å². The predicted octanol–water partition coefficient (Wildman–Crippen LogP) is 6.50. The number of rotatable bonds is 6. The number of hydrogen-bond donors (Lipinski definition) is 1. The Hall–Kier alpha value is -3.18. The van der Waals surface area contributed by atoms with Crippen LogP contribution in [0, 0.1) is 0 Å². The second-order valence-corrected chi connectivity index (χ2v) is 7.61. The van der Waals surface area contributed by atoms with Crippen LogP contribution in [0.5, 0.6) is 0 Å². The molecule has 0 atom stereocenters. The smallest absolute Gasteiger partial charge is 0.187 e. The van der Waals surface area contributed by atoms with Gasteiger partial charge in [-0.1, -0.05) is 18.2 Å². The quantitative estimate of drug-likeness (QED) is 0.411. The van der Waals surface area contributed by atoms with Gasteiger partial charge >= 0.3 is 0 Å². The molecule has 0 amide bonds. The van der Waals surface area contributed by atoms with Crippen molar-refractivity contribution in [3.05, 3.63) is 84.5 Å². The first-order valence-electron chi connectivity index (χ1n) is 9.28. The molecule has 28 heavy (non-hydrogen) atoms. The van der Waals surface area contributed by atoms with Crippen molar-refractivity contribution in [1.29, 1.82) is 0 Å². The number of para-hydroxylation sites is 1. The maximum atomic E-state index is 4.67. The van der Waals surface area contributed by atoms with E-state index in [1.165, 1.54) is 11.4 Å². The molecule has 0 unspecified atom stereocenters. The van der Waals surface area contributed by atoms with Crippen molar-refractivity contribution in [1.82, 2.24) is 9.97 Å². The van der Waals surface area contributed by atoms with Crippen LogP contribution in [0.1, 0.15) is 13.8 Å². The van der Waals surface area contributed by atoms with Crippen molar-refractivity contribution in [3.63, 3.8) is 0 Å². The fourth-order valence-corrected chi connectivity index (χ4v) is 3.88. The average molecular weight is 387 g/mol. The number of hydrogen-bond acceptors (Lipinski definition) is 5. The van der Waals surface area contributed by atoms with Crippen molar-refractivity contribution in [3.8, 4) is 11.3 Å². The Kier molecular flexibility index (Phi) is 5.35. The molecular formula is C23H22N4S. The summed E-state index contributed by atoms with van der Waals surface area (Å²) in [6.45, 7) is 4.41. The minimum atomic E-state index is 0.363. The maximum Gasteiger partial charge on any atom is 0.187 e. The summed E-state index contributed by atoms with van der Waals surface area (Å²) in [5.74, 6) is 0. The van der Waals surface area contributed by atoms with Gasteiger partial charge in [0.25, 0.3) is 0 Å². The third-order valence-electron chi connectivity index (χ3n) is 4.41. The maximum absolute atomic E-state index is 4.67. The van der Waals surface area contributed by atoms with E-state index >= 15 is 0 Å². The molecular weight excluding hydrogens is 364 g/mol. The summed E-state index contributed by atoms with van der Waals surface area (Å²) in [5, 5.41) is 6.31. The predicted molar refractivity (Wildman–Crippen MR) is 119 cm³/mol. The van der Waals surface area contributed by atoms with Crippen molar-refractivity contribution < 1.29 is 0 Å². The Labute approximate surface area is 169 Å². The molecule has 0 spiro atoms. The van der Waals surface area contributed by atoms with Crippen LogP contribution < -0.4 is 10.2 Å². The van der Waals surface area contributed by atoms with Crippen molar-refractivity contribution in [2.75, 3.05) is 10.2 Å². The van der Waals surface area contributed by atoms with Gasteiger partial charge in [-0.2, -0.15) is 0 Å². The van der Waals surface area contributed by atoms with Crippen LogP contribution in [0.25, 0.3) is 11.3 Å². The largest absolute Gasteiger partial charge is 0.339 e. The Morgan fingerprint density at radius 3 is 2.32 bits per heavy atom. The van der Waals surface area contributed by atoms with Crippen LogP contribution >= 0.6 is 11.3 Å². The number of anilines is 4. The lowest BCUT2D eigenvalue weighted by molar-refractivity contribution is 0.789. The molecule has 4 nitrogen and oxygen atoms in total. The summed E-state index contributed by atoms with van der Waals surface area (Å²) >= 11 is 1.59. The van der Waals surface area contributed by atoms with Gasteiger partial charge in [0.2, 0.25) is 0 Å². The Morgan fingerprint density at radius 2 is 1.64 bits per heavy atom. The van der Waals surface area contributed by atoms with Crippen LogP contribution in [0.4, 0.5) is 22.2 Å². The number of pyridine rings is 1. The van der Waals surface area contributed by atoms with E-state index in [0.717, 1.165) is 22.1 Å². The second kappa shape index (κ2) is 8.23. The Balaban J connectivity index is 1.51. The van der Waals surface area contributed by atoms with Gasteiger partial charge in [-0.3, -0.25) is 4.98 Å². The zero-order chi connectivity index (χ0) is 19.3. The molecule has 4 aromatic rings. The van der Waals surface area contributed by atoms with E-state index in [9.17, 15) is 0 Å². The molecule has 4 rings (SSSR count). The van der Waals surface area contributed by atoms with Crippen LogP contribution in [-0.2, 0) is 0 Å². The summed E-state index contributed by atoms with van der Waals surface area (Å²) in [5.41, 5.74) is 5.35. The van der Waals surface area contributed by atoms with E-state index in [1.807, 2.05) is 29.8 Å². The molecule has 2 aromatic heterocycles. The SMILES string of the molecule is CC(C)N(c1ccccc1)c1ccc(Nc2nc(-c3cccnc3)cs2)cc1. The number of nitrogens with one attached hydrogen (secondary N) is 1. The molecule has 2 heterocycles. The second-order valence-electron chi connectivity index (χ2n) is 6.75. The third kappa shape index (κ3) is 4.05. The highest BCUT2D eigenvalue weighted by atomic mass is 32.1. The van der Waals surface area contributed by atoms with Gasteiger partial charge in [-0.05, 0) is 62.4 Å². The van der Waals surface area contributed by atoms with E-state index in [-0.39, 0.29) is 0 Å². The Bertz CT molecular complexity index is 1010. The van der Waals surface area contributed by atoms with Crippen LogP contribution in [0.3, 0.4) is 0 Å². The lowest BCUT2D eigenvalue weighted by atomic mass is 10.2. The first kappa shape index (κ1) is 18.2. The van der Waals surface area contributed by atoms with E-state index in [0.29, 0.717) is 6.04 Å². The van der Waals surface area contributed by atoms with Crippen LogP contribution in [0.2, 0.25) is 0 Å². The molecule has 0 fully saturated rings. The molecule has 2 aromatic carbocycles. The molecule has 5 heteroatoms. The topological polar surface area (TPSA) is 41.0 Å². The molecule has 0 radical (unpaired) electrons. The van der Waals surface area contributed by atoms with Crippen molar-refractivity contribution in [2.24, 2.45) is 0 Å². The van der Waals surface area contributed by atoms with Gasteiger partial charge in [-0.25, -0.2) is 4.98 Å². The normalized spacial score (nSPS) is 10.8. The number of thiazole rings is 1. The highest BCUT2D eigenvalue weighted by Gasteiger charge is 2.13. The van der Waals surface area contributed by atoms with E-state index in [2.05, 4.69) is 82.6 Å². The molecule has 0 aliphatic rings. The number of nitrogens with zero attached hydrogens (tertiary/aromatic N) is 3. The molecule has 140 valence electrons. The summed E-state index contributed by atoms with van der Waals surface area (Å²) < 4.78 is 0. The molecule has 0 aliphatic heterocycles. The molecule has 0 saturated carbocycles. The van der Waals surface area contributed by atoms with Gasteiger partial charge in [0, 0.05) is 46.4 Å². The van der Waals surface area contributed by atoms with E-state index in [1.54, 1.807) is 17.5 Å². The fourth-order valence-electron chi connectivity index (χ4n) is 3.14. The van der Waals surface area contributed by atoms with E-state index in [4.69, 9.17) is 0 Å². The molecule has 0 bridgehead atoms. The van der Waals surface area contributed by atoms with Gasteiger partial charge in [0.15, 0.2) is 5.13 Å².